The Morgan fingerprint density at radius 3 is 2.83 bits per heavy atom. The second-order valence-electron chi connectivity index (χ2n) is 3.97. The molecule has 0 bridgehead atoms. The molecule has 0 spiro atoms. The van der Waals surface area contributed by atoms with Crippen LogP contribution in [0.25, 0.3) is 0 Å². The molecule has 18 heavy (non-hydrogen) atoms. The molecule has 0 N–H and O–H groups in total. The van der Waals surface area contributed by atoms with E-state index in [1.165, 1.54) is 23.1 Å². The molecule has 5 heteroatoms. The number of nitrogens with zero attached hydrogens (tertiary/aromatic N) is 1. The van der Waals surface area contributed by atoms with Gasteiger partial charge in [-0.15, -0.1) is 0 Å². The number of fused-ring (bicyclic) bond motifs is 1. The SMILES string of the molecule is CCSCCCN1C(=O)C(=O)c2cccc(F)c21. The maximum absolute atomic E-state index is 13.7. The molecule has 1 aromatic carbocycles. The summed E-state index contributed by atoms with van der Waals surface area (Å²) in [5.74, 6) is 0.190. The number of amides is 1. The smallest absolute Gasteiger partial charge is 0.299 e. The summed E-state index contributed by atoms with van der Waals surface area (Å²) < 4.78 is 13.7. The summed E-state index contributed by atoms with van der Waals surface area (Å²) >= 11 is 1.76. The zero-order valence-corrected chi connectivity index (χ0v) is 10.9. The highest BCUT2D eigenvalue weighted by atomic mass is 32.2. The zero-order chi connectivity index (χ0) is 13.1. The van der Waals surface area contributed by atoms with Crippen LogP contribution in [-0.4, -0.2) is 29.7 Å². The summed E-state index contributed by atoms with van der Waals surface area (Å²) in [7, 11) is 0. The number of rotatable bonds is 5. The van der Waals surface area contributed by atoms with Crippen molar-refractivity contribution in [2.75, 3.05) is 23.0 Å². The van der Waals surface area contributed by atoms with Crippen LogP contribution in [0.5, 0.6) is 0 Å². The van der Waals surface area contributed by atoms with Crippen molar-refractivity contribution < 1.29 is 14.0 Å². The van der Waals surface area contributed by atoms with Gasteiger partial charge in [-0.2, -0.15) is 11.8 Å². The molecule has 1 heterocycles. The number of carbonyl (C=O) groups is 2. The van der Waals surface area contributed by atoms with Crippen LogP contribution in [0.2, 0.25) is 0 Å². The average Bonchev–Trinajstić information content (AvgIpc) is 2.61. The van der Waals surface area contributed by atoms with Gasteiger partial charge in [0.1, 0.15) is 5.82 Å². The third-order valence-electron chi connectivity index (χ3n) is 2.82. The van der Waals surface area contributed by atoms with Gasteiger partial charge in [-0.3, -0.25) is 9.59 Å². The van der Waals surface area contributed by atoms with Gasteiger partial charge in [-0.25, -0.2) is 4.39 Å². The Hall–Kier alpha value is -1.36. The van der Waals surface area contributed by atoms with Crippen LogP contribution < -0.4 is 4.90 Å². The van der Waals surface area contributed by atoms with E-state index in [-0.39, 0.29) is 11.3 Å². The fourth-order valence-corrected chi connectivity index (χ4v) is 2.62. The molecule has 0 saturated carbocycles. The summed E-state index contributed by atoms with van der Waals surface area (Å²) in [4.78, 5) is 24.7. The van der Waals surface area contributed by atoms with Gasteiger partial charge in [-0.05, 0) is 30.1 Å². The largest absolute Gasteiger partial charge is 0.302 e. The van der Waals surface area contributed by atoms with E-state index in [9.17, 15) is 14.0 Å². The molecule has 0 unspecified atom stereocenters. The van der Waals surface area contributed by atoms with Crippen molar-refractivity contribution in [2.24, 2.45) is 0 Å². The van der Waals surface area contributed by atoms with E-state index in [2.05, 4.69) is 6.92 Å². The first-order chi connectivity index (χ1) is 8.66. The molecule has 1 amide bonds. The highest BCUT2D eigenvalue weighted by molar-refractivity contribution is 7.99. The van der Waals surface area contributed by atoms with Gasteiger partial charge in [0.05, 0.1) is 11.3 Å². The number of thioether (sulfide) groups is 1. The van der Waals surface area contributed by atoms with E-state index < -0.39 is 17.5 Å². The standard InChI is InChI=1S/C13H14FNO2S/c1-2-18-8-4-7-15-11-9(12(16)13(15)17)5-3-6-10(11)14/h3,5-6H,2,4,7-8H2,1H3. The van der Waals surface area contributed by atoms with Crippen molar-refractivity contribution in [2.45, 2.75) is 13.3 Å². The van der Waals surface area contributed by atoms with Crippen LogP contribution in [0.4, 0.5) is 10.1 Å². The lowest BCUT2D eigenvalue weighted by Gasteiger charge is -2.16. The number of Topliss-reactive ketones (excluding diaryl/α,β-unsaturated/α-hetero) is 1. The van der Waals surface area contributed by atoms with E-state index >= 15 is 0 Å². The molecule has 2 rings (SSSR count). The second-order valence-corrected chi connectivity index (χ2v) is 5.37. The third kappa shape index (κ3) is 2.27. The van der Waals surface area contributed by atoms with Crippen molar-refractivity contribution in [3.05, 3.63) is 29.6 Å². The quantitative estimate of drug-likeness (QED) is 0.607. The monoisotopic (exact) mass is 267 g/mol. The van der Waals surface area contributed by atoms with Gasteiger partial charge in [0.2, 0.25) is 0 Å². The van der Waals surface area contributed by atoms with Crippen molar-refractivity contribution in [1.29, 1.82) is 0 Å². The summed E-state index contributed by atoms with van der Waals surface area (Å²) in [6.45, 7) is 2.45. The van der Waals surface area contributed by atoms with Crippen LogP contribution in [0, 0.1) is 5.82 Å². The van der Waals surface area contributed by atoms with Crippen LogP contribution in [0.15, 0.2) is 18.2 Å². The number of hydrogen-bond acceptors (Lipinski definition) is 3. The van der Waals surface area contributed by atoms with E-state index in [4.69, 9.17) is 0 Å². The van der Waals surface area contributed by atoms with Crippen LogP contribution in [-0.2, 0) is 4.79 Å². The summed E-state index contributed by atoms with van der Waals surface area (Å²) in [6, 6.07) is 4.23. The molecule has 1 aliphatic rings. The number of anilines is 1. The Balaban J connectivity index is 2.17. The zero-order valence-electron chi connectivity index (χ0n) is 10.1. The average molecular weight is 267 g/mol. The molecule has 0 atom stereocenters. The Bertz CT molecular complexity index is 490. The van der Waals surface area contributed by atoms with Crippen molar-refractivity contribution in [3.8, 4) is 0 Å². The first-order valence-corrected chi connectivity index (χ1v) is 7.04. The summed E-state index contributed by atoms with van der Waals surface area (Å²) in [6.07, 6.45) is 0.755. The number of halogens is 1. The molecule has 1 aliphatic heterocycles. The minimum absolute atomic E-state index is 0.147. The first kappa shape index (κ1) is 13.1. The molecular formula is C13H14FNO2S. The molecular weight excluding hydrogens is 253 g/mol. The highest BCUT2D eigenvalue weighted by Crippen LogP contribution is 2.31. The predicted molar refractivity (Wildman–Crippen MR) is 70.7 cm³/mol. The van der Waals surface area contributed by atoms with Gasteiger partial charge < -0.3 is 4.90 Å². The van der Waals surface area contributed by atoms with E-state index in [1.807, 2.05) is 0 Å². The lowest BCUT2D eigenvalue weighted by Crippen LogP contribution is -2.31. The van der Waals surface area contributed by atoms with Gasteiger partial charge in [0, 0.05) is 6.54 Å². The molecule has 0 aliphatic carbocycles. The molecule has 1 aromatic rings. The van der Waals surface area contributed by atoms with E-state index in [0.717, 1.165) is 17.9 Å². The Morgan fingerprint density at radius 1 is 1.33 bits per heavy atom. The Morgan fingerprint density at radius 2 is 2.11 bits per heavy atom. The first-order valence-electron chi connectivity index (χ1n) is 5.89. The minimum atomic E-state index is -0.614. The fourth-order valence-electron chi connectivity index (χ4n) is 1.99. The van der Waals surface area contributed by atoms with Gasteiger partial charge in [0.15, 0.2) is 0 Å². The normalized spacial score (nSPS) is 14.2. The number of ketones is 1. The minimum Gasteiger partial charge on any atom is -0.302 e. The summed E-state index contributed by atoms with van der Waals surface area (Å²) in [5.41, 5.74) is 0.331. The second kappa shape index (κ2) is 5.52. The lowest BCUT2D eigenvalue weighted by atomic mass is 10.1. The molecule has 0 saturated heterocycles. The highest BCUT2D eigenvalue weighted by Gasteiger charge is 2.37. The fraction of sp³-hybridized carbons (Fsp3) is 0.385. The topological polar surface area (TPSA) is 37.4 Å². The van der Waals surface area contributed by atoms with Crippen molar-refractivity contribution in [3.63, 3.8) is 0 Å². The maximum Gasteiger partial charge on any atom is 0.299 e. The van der Waals surface area contributed by atoms with Gasteiger partial charge >= 0.3 is 0 Å². The number of carbonyl (C=O) groups excluding carboxylic acids is 2. The van der Waals surface area contributed by atoms with Gasteiger partial charge in [0.25, 0.3) is 11.7 Å². The Kier molecular flexibility index (Phi) is 4.01. The molecule has 0 fully saturated rings. The van der Waals surface area contributed by atoms with E-state index in [1.54, 1.807) is 11.8 Å². The van der Waals surface area contributed by atoms with Crippen molar-refractivity contribution in [1.82, 2.24) is 0 Å². The van der Waals surface area contributed by atoms with Crippen LogP contribution >= 0.6 is 11.8 Å². The van der Waals surface area contributed by atoms with Crippen LogP contribution in [0.1, 0.15) is 23.7 Å². The maximum atomic E-state index is 13.7. The summed E-state index contributed by atoms with van der Waals surface area (Å²) in [5, 5.41) is 0. The van der Waals surface area contributed by atoms with E-state index in [0.29, 0.717) is 6.54 Å². The third-order valence-corrected chi connectivity index (χ3v) is 3.80. The molecule has 96 valence electrons. The number of hydrogen-bond donors (Lipinski definition) is 0. The molecule has 0 aromatic heterocycles. The molecule has 0 radical (unpaired) electrons. The lowest BCUT2D eigenvalue weighted by molar-refractivity contribution is -0.114. The Labute approximate surface area is 109 Å². The van der Waals surface area contributed by atoms with Crippen molar-refractivity contribution >= 4 is 29.1 Å². The molecule has 3 nitrogen and oxygen atoms in total. The number of para-hydroxylation sites is 1. The number of benzene rings is 1. The van der Waals surface area contributed by atoms with Crippen LogP contribution in [0.3, 0.4) is 0 Å². The predicted octanol–water partition coefficient (Wildman–Crippen LogP) is 2.50. The van der Waals surface area contributed by atoms with Gasteiger partial charge in [-0.1, -0.05) is 13.0 Å².